The number of halogens is 3. The molecule has 6 rings (SSSR count). The summed E-state index contributed by atoms with van der Waals surface area (Å²) in [4.78, 5) is 29.0. The topological polar surface area (TPSA) is 61.4 Å². The highest BCUT2D eigenvalue weighted by Crippen LogP contribution is 2.45. The molecule has 3 aromatic carbocycles. The van der Waals surface area contributed by atoms with Gasteiger partial charge in [-0.1, -0.05) is 84.9 Å². The van der Waals surface area contributed by atoms with Crippen molar-refractivity contribution < 1.29 is 22.8 Å². The molecule has 2 unspecified atom stereocenters. The molecule has 46 heavy (non-hydrogen) atoms. The fraction of sp³-hybridized carbons (Fsp3) is 0.421. The summed E-state index contributed by atoms with van der Waals surface area (Å²) < 4.78 is 38.3. The second kappa shape index (κ2) is 13.8. The molecule has 2 aliphatic carbocycles. The summed E-state index contributed by atoms with van der Waals surface area (Å²) in [6.45, 7) is 1.61. The van der Waals surface area contributed by atoms with Crippen molar-refractivity contribution in [2.75, 3.05) is 26.2 Å². The Labute approximate surface area is 269 Å². The van der Waals surface area contributed by atoms with Gasteiger partial charge in [0, 0.05) is 19.1 Å². The summed E-state index contributed by atoms with van der Waals surface area (Å²) in [5.41, 5.74) is 5.14. The second-order valence-corrected chi connectivity index (χ2v) is 13.0. The first-order valence-electron chi connectivity index (χ1n) is 16.5. The molecule has 3 aromatic rings. The number of hydrogen-bond donors (Lipinski definition) is 2. The van der Waals surface area contributed by atoms with E-state index in [0.717, 1.165) is 104 Å². The van der Waals surface area contributed by atoms with Crippen molar-refractivity contribution in [3.63, 3.8) is 0 Å². The van der Waals surface area contributed by atoms with Crippen LogP contribution in [-0.2, 0) is 21.4 Å². The quantitative estimate of drug-likeness (QED) is 0.187. The summed E-state index contributed by atoms with van der Waals surface area (Å²) in [5, 5.41) is 5.49. The number of alkyl halides is 3. The molecule has 2 N–H and O–H groups in total. The number of fused-ring (bicyclic) bond motifs is 3. The molecule has 0 bridgehead atoms. The van der Waals surface area contributed by atoms with Gasteiger partial charge in [0.15, 0.2) is 0 Å². The van der Waals surface area contributed by atoms with Crippen LogP contribution in [0.5, 0.6) is 0 Å². The Kier molecular flexibility index (Phi) is 9.64. The largest absolute Gasteiger partial charge is 0.405 e. The number of allylic oxidation sites excluding steroid dienone is 2. The Hall–Kier alpha value is -3.91. The van der Waals surface area contributed by atoms with Crippen molar-refractivity contribution in [2.24, 2.45) is 0 Å². The Balaban J connectivity index is 0.983. The van der Waals surface area contributed by atoms with Crippen molar-refractivity contribution in [3.8, 4) is 11.1 Å². The van der Waals surface area contributed by atoms with E-state index in [4.69, 9.17) is 0 Å². The molecule has 2 atom stereocenters. The molecule has 0 saturated carbocycles. The fourth-order valence-corrected chi connectivity index (χ4v) is 7.46. The van der Waals surface area contributed by atoms with Crippen LogP contribution in [0.4, 0.5) is 13.2 Å². The predicted octanol–water partition coefficient (Wildman–Crippen LogP) is 7.06. The first-order valence-corrected chi connectivity index (χ1v) is 16.5. The monoisotopic (exact) mass is 629 g/mol. The summed E-state index contributed by atoms with van der Waals surface area (Å²) in [7, 11) is 0. The van der Waals surface area contributed by atoms with Crippen molar-refractivity contribution in [1.29, 1.82) is 0 Å². The smallest absolute Gasteiger partial charge is 0.352 e. The molecule has 0 aromatic heterocycles. The van der Waals surface area contributed by atoms with Gasteiger partial charge in [-0.05, 0) is 91.3 Å². The van der Waals surface area contributed by atoms with Crippen LogP contribution in [0.3, 0.4) is 0 Å². The molecule has 1 fully saturated rings. The zero-order valence-corrected chi connectivity index (χ0v) is 26.1. The molecule has 1 heterocycles. The Morgan fingerprint density at radius 1 is 0.870 bits per heavy atom. The Morgan fingerprint density at radius 3 is 2.35 bits per heavy atom. The number of likely N-dealkylation sites (tertiary alicyclic amines) is 1. The molecular formula is C38H42F3N3O2. The number of carbonyl (C=O) groups is 2. The molecule has 0 spiro atoms. The van der Waals surface area contributed by atoms with Crippen molar-refractivity contribution in [1.82, 2.24) is 15.5 Å². The van der Waals surface area contributed by atoms with Crippen LogP contribution in [0.25, 0.3) is 11.1 Å². The molecular weight excluding hydrogens is 587 g/mol. The lowest BCUT2D eigenvalue weighted by atomic mass is 9.71. The van der Waals surface area contributed by atoms with Gasteiger partial charge in [-0.3, -0.25) is 9.59 Å². The van der Waals surface area contributed by atoms with Gasteiger partial charge in [0.2, 0.25) is 11.8 Å². The van der Waals surface area contributed by atoms with Crippen LogP contribution in [0.15, 0.2) is 84.9 Å². The number of nitrogens with zero attached hydrogens (tertiary/aromatic N) is 1. The van der Waals surface area contributed by atoms with Gasteiger partial charge < -0.3 is 15.5 Å². The molecule has 1 saturated heterocycles. The van der Waals surface area contributed by atoms with E-state index in [9.17, 15) is 22.8 Å². The lowest BCUT2D eigenvalue weighted by Gasteiger charge is -2.38. The van der Waals surface area contributed by atoms with Gasteiger partial charge in [0.1, 0.15) is 6.54 Å². The molecule has 2 amide bonds. The van der Waals surface area contributed by atoms with Crippen LogP contribution >= 0.6 is 0 Å². The summed E-state index contributed by atoms with van der Waals surface area (Å²) in [6.07, 6.45) is 7.24. The number of rotatable bonds is 10. The van der Waals surface area contributed by atoms with Gasteiger partial charge in [-0.15, -0.1) is 0 Å². The van der Waals surface area contributed by atoms with E-state index in [-0.39, 0.29) is 11.9 Å². The van der Waals surface area contributed by atoms with Crippen molar-refractivity contribution in [2.45, 2.75) is 74.9 Å². The van der Waals surface area contributed by atoms with E-state index in [1.807, 2.05) is 54.6 Å². The van der Waals surface area contributed by atoms with Crippen LogP contribution in [0.2, 0.25) is 0 Å². The number of nitrogens with one attached hydrogen (secondary N) is 2. The van der Waals surface area contributed by atoms with Crippen molar-refractivity contribution >= 4 is 11.8 Å². The van der Waals surface area contributed by atoms with E-state index in [1.54, 1.807) is 0 Å². The number of aryl methyl sites for hydroxylation is 1. The highest BCUT2D eigenvalue weighted by Gasteiger charge is 2.41. The van der Waals surface area contributed by atoms with E-state index in [0.29, 0.717) is 0 Å². The standard InChI is InChI=1S/C38H42F3N3O2/c39-38(40,41)26-42-35(45)34-31-15-6-5-14-30(31)33-25-27(16-17-32(33)34)11-7-10-22-44-23-18-29(19-24-44)43-36(46)37(20-8-2-9-21-37)28-12-3-1-4-13-28/h1-6,8,12-17,25,29,34H,7,9-11,18-24,26H2,(H,42,45)(H,43,46). The first-order chi connectivity index (χ1) is 22.2. The van der Waals surface area contributed by atoms with Crippen LogP contribution in [0, 0.1) is 0 Å². The summed E-state index contributed by atoms with van der Waals surface area (Å²) in [6, 6.07) is 23.9. The highest BCUT2D eigenvalue weighted by molar-refractivity contribution is 5.96. The molecule has 242 valence electrons. The fourth-order valence-electron chi connectivity index (χ4n) is 7.46. The third-order valence-corrected chi connectivity index (χ3v) is 9.96. The first kappa shape index (κ1) is 32.0. The zero-order chi connectivity index (χ0) is 32.1. The minimum Gasteiger partial charge on any atom is -0.352 e. The Bertz CT molecular complexity index is 1560. The van der Waals surface area contributed by atoms with Gasteiger partial charge in [0.25, 0.3) is 0 Å². The van der Waals surface area contributed by atoms with Gasteiger partial charge in [-0.25, -0.2) is 0 Å². The molecule has 5 nitrogen and oxygen atoms in total. The number of carbonyl (C=O) groups excluding carboxylic acids is 2. The number of benzene rings is 3. The number of unbranched alkanes of at least 4 members (excludes halogenated alkanes) is 1. The third kappa shape index (κ3) is 7.07. The molecule has 8 heteroatoms. The predicted molar refractivity (Wildman–Crippen MR) is 174 cm³/mol. The summed E-state index contributed by atoms with van der Waals surface area (Å²) in [5.74, 6) is -1.20. The number of amides is 2. The van der Waals surface area contributed by atoms with Crippen LogP contribution in [0.1, 0.15) is 73.1 Å². The van der Waals surface area contributed by atoms with Crippen molar-refractivity contribution in [3.05, 3.63) is 107 Å². The molecule has 1 aliphatic heterocycles. The molecule has 0 radical (unpaired) electrons. The Morgan fingerprint density at radius 2 is 1.61 bits per heavy atom. The maximum atomic E-state index is 13.7. The normalized spacial score (nSPS) is 21.4. The SMILES string of the molecule is O=C(NCC(F)(F)F)C1c2ccccc2-c2cc(CCCCN3CCC(NC(=O)C4(c5ccccc5)CC=CCC4)CC3)ccc21. The van der Waals surface area contributed by atoms with E-state index < -0.39 is 30.0 Å². The van der Waals surface area contributed by atoms with E-state index >= 15 is 0 Å². The summed E-state index contributed by atoms with van der Waals surface area (Å²) >= 11 is 0. The average Bonchev–Trinajstić information content (AvgIpc) is 3.40. The van der Waals surface area contributed by atoms with Gasteiger partial charge in [-0.2, -0.15) is 13.2 Å². The van der Waals surface area contributed by atoms with Gasteiger partial charge >= 0.3 is 6.18 Å². The highest BCUT2D eigenvalue weighted by atomic mass is 19.4. The zero-order valence-electron chi connectivity index (χ0n) is 26.1. The second-order valence-electron chi connectivity index (χ2n) is 13.0. The lowest BCUT2D eigenvalue weighted by Crippen LogP contribution is -2.51. The van der Waals surface area contributed by atoms with E-state index in [1.165, 1.54) is 0 Å². The van der Waals surface area contributed by atoms with E-state index in [2.05, 4.69) is 45.9 Å². The maximum absolute atomic E-state index is 13.7. The lowest BCUT2D eigenvalue weighted by molar-refractivity contribution is -0.138. The average molecular weight is 630 g/mol. The minimum atomic E-state index is -4.45. The minimum absolute atomic E-state index is 0.159. The third-order valence-electron chi connectivity index (χ3n) is 9.96. The van der Waals surface area contributed by atoms with Crippen LogP contribution < -0.4 is 10.6 Å². The number of piperidine rings is 1. The van der Waals surface area contributed by atoms with Gasteiger partial charge in [0.05, 0.1) is 11.3 Å². The maximum Gasteiger partial charge on any atom is 0.405 e. The molecule has 3 aliphatic rings. The number of hydrogen-bond acceptors (Lipinski definition) is 3. The van der Waals surface area contributed by atoms with Crippen LogP contribution in [-0.4, -0.2) is 55.1 Å².